The summed E-state index contributed by atoms with van der Waals surface area (Å²) in [5.74, 6) is -0.161. The van der Waals surface area contributed by atoms with Crippen LogP contribution in [0.15, 0.2) is 58.3 Å². The van der Waals surface area contributed by atoms with Crippen molar-refractivity contribution in [3.8, 4) is 0 Å². The van der Waals surface area contributed by atoms with Crippen LogP contribution in [0.2, 0.25) is 0 Å². The van der Waals surface area contributed by atoms with Crippen LogP contribution in [0.3, 0.4) is 0 Å². The molecule has 2 aromatic carbocycles. The summed E-state index contributed by atoms with van der Waals surface area (Å²) in [6, 6.07) is 14.2. The molecule has 1 atom stereocenters. The summed E-state index contributed by atoms with van der Waals surface area (Å²) in [6.07, 6.45) is 0. The molecule has 0 aromatic heterocycles. The molecule has 1 unspecified atom stereocenters. The van der Waals surface area contributed by atoms with Gasteiger partial charge in [-0.1, -0.05) is 43.8 Å². The quantitative estimate of drug-likeness (QED) is 0.791. The second-order valence-electron chi connectivity index (χ2n) is 5.74. The molecule has 0 aliphatic carbocycles. The summed E-state index contributed by atoms with van der Waals surface area (Å²) >= 11 is 1.41. The van der Waals surface area contributed by atoms with Gasteiger partial charge in [-0.2, -0.15) is 4.31 Å². The molecule has 1 heterocycles. The van der Waals surface area contributed by atoms with Crippen molar-refractivity contribution in [3.05, 3.63) is 48.5 Å². The fourth-order valence-corrected chi connectivity index (χ4v) is 5.28. The highest BCUT2D eigenvalue weighted by molar-refractivity contribution is 8.01. The van der Waals surface area contributed by atoms with Crippen LogP contribution in [-0.2, 0) is 14.8 Å². The van der Waals surface area contributed by atoms with E-state index in [-0.39, 0.29) is 10.8 Å². The van der Waals surface area contributed by atoms with E-state index in [1.54, 1.807) is 24.3 Å². The molecule has 0 radical (unpaired) electrons. The number of thioether (sulfide) groups is 1. The second-order valence-corrected chi connectivity index (χ2v) is 8.83. The van der Waals surface area contributed by atoms with Crippen LogP contribution in [0.5, 0.6) is 0 Å². The van der Waals surface area contributed by atoms with Gasteiger partial charge in [0.1, 0.15) is 0 Å². The van der Waals surface area contributed by atoms with Crippen LogP contribution in [0.4, 0.5) is 11.4 Å². The Kier molecular flexibility index (Phi) is 5.55. The fourth-order valence-electron chi connectivity index (χ4n) is 2.76. The van der Waals surface area contributed by atoms with Crippen molar-refractivity contribution in [2.45, 2.75) is 29.0 Å². The molecule has 8 heteroatoms. The van der Waals surface area contributed by atoms with E-state index in [1.165, 1.54) is 16.1 Å². The predicted octanol–water partition coefficient (Wildman–Crippen LogP) is 3.20. The molecule has 0 saturated heterocycles. The van der Waals surface area contributed by atoms with E-state index in [9.17, 15) is 13.2 Å². The fraction of sp³-hybridized carbons (Fsp3) is 0.278. The Morgan fingerprint density at radius 3 is 2.58 bits per heavy atom. The van der Waals surface area contributed by atoms with Crippen LogP contribution in [0.25, 0.3) is 0 Å². The van der Waals surface area contributed by atoms with Crippen LogP contribution in [-0.4, -0.2) is 37.1 Å². The van der Waals surface area contributed by atoms with Gasteiger partial charge in [0.25, 0.3) is 5.91 Å². The number of para-hydroxylation sites is 1. The van der Waals surface area contributed by atoms with Gasteiger partial charge in [-0.15, -0.1) is 0 Å². The monoisotopic (exact) mass is 391 g/mol. The Morgan fingerprint density at radius 2 is 1.85 bits per heavy atom. The number of nitrogens with one attached hydrogen (secondary N) is 2. The van der Waals surface area contributed by atoms with Crippen LogP contribution in [0, 0.1) is 0 Å². The third kappa shape index (κ3) is 3.72. The maximum Gasteiger partial charge on any atom is 0.257 e. The first-order valence-electron chi connectivity index (χ1n) is 8.39. The predicted molar refractivity (Wildman–Crippen MR) is 105 cm³/mol. The Balaban J connectivity index is 1.83. The average molecular weight is 392 g/mol. The smallest absolute Gasteiger partial charge is 0.257 e. The van der Waals surface area contributed by atoms with Gasteiger partial charge in [-0.3, -0.25) is 4.79 Å². The van der Waals surface area contributed by atoms with Gasteiger partial charge in [-0.05, 0) is 30.3 Å². The summed E-state index contributed by atoms with van der Waals surface area (Å²) in [5, 5.41) is 5.46. The highest BCUT2D eigenvalue weighted by Crippen LogP contribution is 2.35. The molecule has 1 aliphatic rings. The maximum absolute atomic E-state index is 12.7. The Labute approximate surface area is 158 Å². The molecule has 6 nitrogen and oxygen atoms in total. The number of hydrogen-bond donors (Lipinski definition) is 2. The third-order valence-corrected chi connectivity index (χ3v) is 7.33. The molecule has 0 bridgehead atoms. The van der Waals surface area contributed by atoms with E-state index in [1.807, 2.05) is 38.1 Å². The SMILES string of the molecule is CCN(CC)S(=O)(=O)c1cccc(NC2Sc3ccccc3NC2=O)c1. The Morgan fingerprint density at radius 1 is 1.12 bits per heavy atom. The number of carbonyl (C=O) groups excluding carboxylic acids is 1. The molecule has 1 aliphatic heterocycles. The van der Waals surface area contributed by atoms with Gasteiger partial charge in [-0.25, -0.2) is 8.42 Å². The number of carbonyl (C=O) groups is 1. The number of hydrogen-bond acceptors (Lipinski definition) is 5. The summed E-state index contributed by atoms with van der Waals surface area (Å²) in [4.78, 5) is 13.5. The zero-order valence-corrected chi connectivity index (χ0v) is 16.2. The zero-order chi connectivity index (χ0) is 18.7. The molecule has 3 rings (SSSR count). The van der Waals surface area contributed by atoms with Gasteiger partial charge >= 0.3 is 0 Å². The largest absolute Gasteiger partial charge is 0.365 e. The standard InChI is InChI=1S/C18H21N3O3S2/c1-3-21(4-2)26(23,24)14-9-7-8-13(12-14)19-18-17(22)20-15-10-5-6-11-16(15)25-18/h5-12,18-19H,3-4H2,1-2H3,(H,20,22). The first-order chi connectivity index (χ1) is 12.5. The van der Waals surface area contributed by atoms with Crippen LogP contribution < -0.4 is 10.6 Å². The zero-order valence-electron chi connectivity index (χ0n) is 14.6. The topological polar surface area (TPSA) is 78.5 Å². The molecule has 26 heavy (non-hydrogen) atoms. The van der Waals surface area contributed by atoms with Crippen molar-refractivity contribution in [1.82, 2.24) is 4.31 Å². The summed E-state index contributed by atoms with van der Waals surface area (Å²) in [6.45, 7) is 4.44. The van der Waals surface area contributed by atoms with Crippen molar-refractivity contribution < 1.29 is 13.2 Å². The van der Waals surface area contributed by atoms with Crippen molar-refractivity contribution in [3.63, 3.8) is 0 Å². The molecular weight excluding hydrogens is 370 g/mol. The Hall–Kier alpha value is -2.03. The molecule has 138 valence electrons. The molecule has 2 N–H and O–H groups in total. The highest BCUT2D eigenvalue weighted by Gasteiger charge is 2.27. The van der Waals surface area contributed by atoms with E-state index < -0.39 is 15.4 Å². The summed E-state index contributed by atoms with van der Waals surface area (Å²) in [5.41, 5.74) is 1.38. The molecule has 2 aromatic rings. The molecule has 0 fully saturated rings. The van der Waals surface area contributed by atoms with E-state index >= 15 is 0 Å². The highest BCUT2D eigenvalue weighted by atomic mass is 32.2. The second kappa shape index (κ2) is 7.69. The summed E-state index contributed by atoms with van der Waals surface area (Å²) < 4.78 is 26.8. The number of rotatable bonds is 6. The molecule has 0 spiro atoms. The van der Waals surface area contributed by atoms with Gasteiger partial charge < -0.3 is 10.6 Å². The van der Waals surface area contributed by atoms with Crippen LogP contribution in [0.1, 0.15) is 13.8 Å². The van der Waals surface area contributed by atoms with Crippen molar-refractivity contribution in [2.24, 2.45) is 0 Å². The van der Waals surface area contributed by atoms with Crippen molar-refractivity contribution in [2.75, 3.05) is 23.7 Å². The first-order valence-corrected chi connectivity index (χ1v) is 10.7. The van der Waals surface area contributed by atoms with Gasteiger partial charge in [0.2, 0.25) is 10.0 Å². The number of anilines is 2. The minimum atomic E-state index is -3.54. The van der Waals surface area contributed by atoms with Crippen molar-refractivity contribution in [1.29, 1.82) is 0 Å². The minimum Gasteiger partial charge on any atom is -0.365 e. The van der Waals surface area contributed by atoms with E-state index in [0.717, 1.165) is 10.6 Å². The maximum atomic E-state index is 12.7. The van der Waals surface area contributed by atoms with E-state index in [2.05, 4.69) is 10.6 Å². The minimum absolute atomic E-state index is 0.161. The first kappa shape index (κ1) is 18.8. The number of amides is 1. The normalized spacial score (nSPS) is 16.9. The van der Waals surface area contributed by atoms with E-state index in [0.29, 0.717) is 18.8 Å². The third-order valence-electron chi connectivity index (χ3n) is 4.10. The van der Waals surface area contributed by atoms with Crippen molar-refractivity contribution >= 4 is 39.1 Å². The number of fused-ring (bicyclic) bond motifs is 1. The van der Waals surface area contributed by atoms with Gasteiger partial charge in [0.05, 0.1) is 10.6 Å². The molecule has 1 amide bonds. The lowest BCUT2D eigenvalue weighted by Crippen LogP contribution is -2.35. The number of nitrogens with zero attached hydrogens (tertiary/aromatic N) is 1. The van der Waals surface area contributed by atoms with E-state index in [4.69, 9.17) is 0 Å². The molecular formula is C18H21N3O3S2. The summed E-state index contributed by atoms with van der Waals surface area (Å²) in [7, 11) is -3.54. The van der Waals surface area contributed by atoms with Gasteiger partial charge in [0, 0.05) is 23.7 Å². The van der Waals surface area contributed by atoms with Gasteiger partial charge in [0.15, 0.2) is 5.37 Å². The lowest BCUT2D eigenvalue weighted by Gasteiger charge is -2.25. The lowest BCUT2D eigenvalue weighted by molar-refractivity contribution is -0.115. The molecule has 0 saturated carbocycles. The van der Waals surface area contributed by atoms with Crippen LogP contribution >= 0.6 is 11.8 Å². The lowest BCUT2D eigenvalue weighted by atomic mass is 10.3. The number of benzene rings is 2. The Bertz CT molecular complexity index is 911. The number of sulfonamides is 1. The average Bonchev–Trinajstić information content (AvgIpc) is 2.63.